The van der Waals surface area contributed by atoms with Gasteiger partial charge in [-0.15, -0.1) is 5.10 Å². The van der Waals surface area contributed by atoms with Crippen LogP contribution >= 0.6 is 0 Å². The number of rotatable bonds is 4. The molecule has 124 valence electrons. The summed E-state index contributed by atoms with van der Waals surface area (Å²) >= 11 is 0. The molecule has 1 heterocycles. The molecule has 1 aromatic heterocycles. The maximum Gasteiger partial charge on any atom is 0.119 e. The van der Waals surface area contributed by atoms with Crippen LogP contribution in [-0.4, -0.2) is 22.1 Å². The van der Waals surface area contributed by atoms with E-state index in [4.69, 9.17) is 4.74 Å². The highest BCUT2D eigenvalue weighted by molar-refractivity contribution is 5.59. The highest BCUT2D eigenvalue weighted by Gasteiger charge is 2.32. The van der Waals surface area contributed by atoms with Gasteiger partial charge in [0.1, 0.15) is 11.4 Å². The summed E-state index contributed by atoms with van der Waals surface area (Å²) in [5, 5.41) is 8.88. The third kappa shape index (κ3) is 3.41. The Balaban J connectivity index is 1.87. The van der Waals surface area contributed by atoms with Crippen LogP contribution in [0.1, 0.15) is 46.1 Å². The first-order chi connectivity index (χ1) is 11.1. The lowest BCUT2D eigenvalue weighted by Gasteiger charge is -2.37. The van der Waals surface area contributed by atoms with Gasteiger partial charge in [0.2, 0.25) is 0 Å². The van der Waals surface area contributed by atoms with Crippen molar-refractivity contribution in [2.75, 3.05) is 7.11 Å². The fourth-order valence-electron chi connectivity index (χ4n) is 3.81. The average Bonchev–Trinajstić information content (AvgIpc) is 3.04. The molecule has 4 heteroatoms. The number of nitrogens with zero attached hydrogens (tertiary/aromatic N) is 3. The van der Waals surface area contributed by atoms with Gasteiger partial charge in [0.05, 0.1) is 19.3 Å². The van der Waals surface area contributed by atoms with E-state index >= 15 is 0 Å². The standard InChI is InChI=1S/C19H27N3O/c1-13(2)17-9-8-14(3)10-19(17)22-12-18(20-21-22)15-6-5-7-16(11-15)23-4/h5-7,11-14,17,19H,8-10H2,1-4H3/t14-,17+,19-/m1/s1. The topological polar surface area (TPSA) is 39.9 Å². The molecule has 0 saturated heterocycles. The first kappa shape index (κ1) is 16.0. The van der Waals surface area contributed by atoms with E-state index in [1.165, 1.54) is 19.3 Å². The van der Waals surface area contributed by atoms with Crippen molar-refractivity contribution in [3.05, 3.63) is 30.5 Å². The molecular formula is C19H27N3O. The zero-order valence-corrected chi connectivity index (χ0v) is 14.6. The van der Waals surface area contributed by atoms with Gasteiger partial charge in [-0.1, -0.05) is 44.5 Å². The Morgan fingerprint density at radius 3 is 2.83 bits per heavy atom. The predicted molar refractivity (Wildman–Crippen MR) is 92.4 cm³/mol. The molecule has 4 nitrogen and oxygen atoms in total. The molecular weight excluding hydrogens is 286 g/mol. The molecule has 1 fully saturated rings. The van der Waals surface area contributed by atoms with Crippen molar-refractivity contribution in [2.24, 2.45) is 17.8 Å². The zero-order valence-electron chi connectivity index (χ0n) is 14.6. The highest BCUT2D eigenvalue weighted by atomic mass is 16.5. The van der Waals surface area contributed by atoms with Gasteiger partial charge >= 0.3 is 0 Å². The van der Waals surface area contributed by atoms with Crippen molar-refractivity contribution in [1.82, 2.24) is 15.0 Å². The fourth-order valence-corrected chi connectivity index (χ4v) is 3.81. The van der Waals surface area contributed by atoms with E-state index in [2.05, 4.69) is 48.0 Å². The predicted octanol–water partition coefficient (Wildman–Crippen LogP) is 4.59. The smallest absolute Gasteiger partial charge is 0.119 e. The van der Waals surface area contributed by atoms with Crippen molar-refractivity contribution in [2.45, 2.75) is 46.1 Å². The van der Waals surface area contributed by atoms with Gasteiger partial charge < -0.3 is 4.74 Å². The van der Waals surface area contributed by atoms with Crippen LogP contribution in [0.2, 0.25) is 0 Å². The average molecular weight is 313 g/mol. The Bertz CT molecular complexity index is 650. The molecule has 0 unspecified atom stereocenters. The lowest BCUT2D eigenvalue weighted by molar-refractivity contribution is 0.137. The summed E-state index contributed by atoms with van der Waals surface area (Å²) in [6, 6.07) is 8.47. The van der Waals surface area contributed by atoms with Gasteiger partial charge in [0.25, 0.3) is 0 Å². The highest BCUT2D eigenvalue weighted by Crippen LogP contribution is 2.40. The third-order valence-corrected chi connectivity index (χ3v) is 5.20. The van der Waals surface area contributed by atoms with Crippen molar-refractivity contribution >= 4 is 0 Å². The number of methoxy groups -OCH3 is 1. The van der Waals surface area contributed by atoms with E-state index in [9.17, 15) is 0 Å². The van der Waals surface area contributed by atoms with Crippen molar-refractivity contribution < 1.29 is 4.74 Å². The second-order valence-electron chi connectivity index (χ2n) is 7.21. The molecule has 0 N–H and O–H groups in total. The van der Waals surface area contributed by atoms with E-state index in [-0.39, 0.29) is 0 Å². The molecule has 2 aromatic rings. The minimum absolute atomic E-state index is 0.464. The second-order valence-corrected chi connectivity index (χ2v) is 7.21. The van der Waals surface area contributed by atoms with Gasteiger partial charge in [-0.25, -0.2) is 4.68 Å². The number of hydrogen-bond donors (Lipinski definition) is 0. The molecule has 0 aliphatic heterocycles. The van der Waals surface area contributed by atoms with Crippen LogP contribution in [0.15, 0.2) is 30.5 Å². The van der Waals surface area contributed by atoms with Crippen LogP contribution in [-0.2, 0) is 0 Å². The molecule has 0 bridgehead atoms. The van der Waals surface area contributed by atoms with Gasteiger partial charge in [-0.05, 0) is 42.7 Å². The minimum Gasteiger partial charge on any atom is -0.497 e. The lowest BCUT2D eigenvalue weighted by atomic mass is 9.74. The Morgan fingerprint density at radius 2 is 2.09 bits per heavy atom. The van der Waals surface area contributed by atoms with E-state index in [1.54, 1.807) is 7.11 Å². The first-order valence-corrected chi connectivity index (χ1v) is 8.64. The summed E-state index contributed by atoms with van der Waals surface area (Å²) in [5.74, 6) is 2.98. The number of benzene rings is 1. The van der Waals surface area contributed by atoms with Crippen LogP contribution in [0.4, 0.5) is 0 Å². The quantitative estimate of drug-likeness (QED) is 0.829. The fraction of sp³-hybridized carbons (Fsp3) is 0.579. The van der Waals surface area contributed by atoms with Crippen LogP contribution in [0.3, 0.4) is 0 Å². The molecule has 3 rings (SSSR count). The molecule has 0 amide bonds. The van der Waals surface area contributed by atoms with Gasteiger partial charge in [0, 0.05) is 5.56 Å². The largest absolute Gasteiger partial charge is 0.497 e. The first-order valence-electron chi connectivity index (χ1n) is 8.64. The summed E-state index contributed by atoms with van der Waals surface area (Å²) in [6.45, 7) is 7.00. The van der Waals surface area contributed by atoms with Gasteiger partial charge in [-0.2, -0.15) is 0 Å². The molecule has 23 heavy (non-hydrogen) atoms. The summed E-state index contributed by atoms with van der Waals surface area (Å²) in [5.41, 5.74) is 1.98. The Labute approximate surface area is 138 Å². The minimum atomic E-state index is 0.464. The summed E-state index contributed by atoms with van der Waals surface area (Å²) in [6.07, 6.45) is 5.92. The van der Waals surface area contributed by atoms with Crippen LogP contribution in [0, 0.1) is 17.8 Å². The normalized spacial score (nSPS) is 24.8. The third-order valence-electron chi connectivity index (χ3n) is 5.20. The Kier molecular flexibility index (Phi) is 4.69. The number of hydrogen-bond acceptors (Lipinski definition) is 3. The number of ether oxygens (including phenoxy) is 1. The maximum absolute atomic E-state index is 5.31. The Hall–Kier alpha value is -1.84. The van der Waals surface area contributed by atoms with Crippen LogP contribution < -0.4 is 4.74 Å². The van der Waals surface area contributed by atoms with Crippen LogP contribution in [0.5, 0.6) is 5.75 Å². The summed E-state index contributed by atoms with van der Waals surface area (Å²) < 4.78 is 7.41. The maximum atomic E-state index is 5.31. The Morgan fingerprint density at radius 1 is 1.26 bits per heavy atom. The SMILES string of the molecule is COc1cccc(-c2cn([C@@H]3C[C@H](C)CC[C@H]3C(C)C)nn2)c1. The molecule has 1 aromatic carbocycles. The zero-order chi connectivity index (χ0) is 16.4. The van der Waals surface area contributed by atoms with Gasteiger partial charge in [0.15, 0.2) is 0 Å². The molecule has 1 saturated carbocycles. The van der Waals surface area contributed by atoms with E-state index < -0.39 is 0 Å². The van der Waals surface area contributed by atoms with Crippen molar-refractivity contribution in [1.29, 1.82) is 0 Å². The molecule has 1 aliphatic carbocycles. The van der Waals surface area contributed by atoms with Crippen molar-refractivity contribution in [3.63, 3.8) is 0 Å². The summed E-state index contributed by atoms with van der Waals surface area (Å²) in [7, 11) is 1.69. The molecule has 0 spiro atoms. The molecule has 3 atom stereocenters. The monoisotopic (exact) mass is 313 g/mol. The van der Waals surface area contributed by atoms with E-state index in [0.717, 1.165) is 22.9 Å². The van der Waals surface area contributed by atoms with Crippen molar-refractivity contribution in [3.8, 4) is 17.0 Å². The molecule has 1 aliphatic rings. The van der Waals surface area contributed by atoms with E-state index in [0.29, 0.717) is 17.9 Å². The summed E-state index contributed by atoms with van der Waals surface area (Å²) in [4.78, 5) is 0. The van der Waals surface area contributed by atoms with Gasteiger partial charge in [-0.3, -0.25) is 0 Å². The molecule has 0 radical (unpaired) electrons. The van der Waals surface area contributed by atoms with Crippen LogP contribution in [0.25, 0.3) is 11.3 Å². The second kappa shape index (κ2) is 6.73. The van der Waals surface area contributed by atoms with E-state index in [1.807, 2.05) is 18.2 Å². The lowest BCUT2D eigenvalue weighted by Crippen LogP contribution is -2.30. The number of aromatic nitrogens is 3.